The van der Waals surface area contributed by atoms with Gasteiger partial charge in [-0.2, -0.15) is 0 Å². The number of methoxy groups -OCH3 is 1. The van der Waals surface area contributed by atoms with E-state index in [4.69, 9.17) is 4.74 Å². The summed E-state index contributed by atoms with van der Waals surface area (Å²) in [5.41, 5.74) is 0. The minimum Gasteiger partial charge on any atom is -0.381 e. The molecule has 0 saturated heterocycles. The second-order valence-corrected chi connectivity index (χ2v) is 5.74. The molecule has 106 valence electrons. The van der Waals surface area contributed by atoms with Crippen molar-refractivity contribution in [1.29, 1.82) is 0 Å². The Hall–Kier alpha value is -0.370. The van der Waals surface area contributed by atoms with Crippen molar-refractivity contribution in [2.75, 3.05) is 7.11 Å². The summed E-state index contributed by atoms with van der Waals surface area (Å²) in [6, 6.07) is 0. The van der Waals surface area contributed by atoms with Gasteiger partial charge < -0.3 is 4.74 Å². The number of hydrogen-bond donors (Lipinski definition) is 0. The van der Waals surface area contributed by atoms with Crippen molar-refractivity contribution < 1.29 is 9.53 Å². The zero-order chi connectivity index (χ0) is 13.2. The average Bonchev–Trinajstić information content (AvgIpc) is 2.37. The van der Waals surface area contributed by atoms with Gasteiger partial charge in [-0.3, -0.25) is 4.79 Å². The molecule has 0 N–H and O–H groups in total. The fraction of sp³-hybridized carbons (Fsp3) is 0.938. The molecule has 0 aromatic heterocycles. The van der Waals surface area contributed by atoms with Crippen molar-refractivity contribution in [1.82, 2.24) is 0 Å². The summed E-state index contributed by atoms with van der Waals surface area (Å²) in [6.45, 7) is 2.19. The molecule has 0 spiro atoms. The van der Waals surface area contributed by atoms with Gasteiger partial charge in [-0.1, -0.05) is 39.0 Å². The van der Waals surface area contributed by atoms with Gasteiger partial charge in [0.2, 0.25) is 0 Å². The third-order valence-electron chi connectivity index (χ3n) is 4.33. The molecule has 2 atom stereocenters. The predicted octanol–water partition coefficient (Wildman–Crippen LogP) is 4.51. The molecule has 0 radical (unpaired) electrons. The highest BCUT2D eigenvalue weighted by Crippen LogP contribution is 2.25. The van der Waals surface area contributed by atoms with Gasteiger partial charge in [0.1, 0.15) is 5.78 Å². The third kappa shape index (κ3) is 6.53. The molecule has 18 heavy (non-hydrogen) atoms. The first-order chi connectivity index (χ1) is 8.76. The largest absolute Gasteiger partial charge is 0.381 e. The third-order valence-corrected chi connectivity index (χ3v) is 4.33. The predicted molar refractivity (Wildman–Crippen MR) is 75.8 cm³/mol. The SMILES string of the molecule is CCC(CCCCC1CCCCC(=O)CC1)OC. The maximum absolute atomic E-state index is 11.5. The van der Waals surface area contributed by atoms with Gasteiger partial charge in [0.25, 0.3) is 0 Å². The molecule has 0 bridgehead atoms. The number of ketones is 1. The smallest absolute Gasteiger partial charge is 0.132 e. The Labute approximate surface area is 112 Å². The van der Waals surface area contributed by atoms with E-state index in [0.29, 0.717) is 11.9 Å². The summed E-state index contributed by atoms with van der Waals surface area (Å²) in [5, 5.41) is 0. The van der Waals surface area contributed by atoms with Crippen molar-refractivity contribution in [3.8, 4) is 0 Å². The van der Waals surface area contributed by atoms with E-state index >= 15 is 0 Å². The molecular formula is C16H30O2. The zero-order valence-electron chi connectivity index (χ0n) is 12.2. The van der Waals surface area contributed by atoms with Gasteiger partial charge in [0.15, 0.2) is 0 Å². The van der Waals surface area contributed by atoms with E-state index in [1.165, 1.54) is 38.5 Å². The number of unbranched alkanes of at least 4 members (excludes halogenated alkanes) is 1. The Kier molecular flexibility index (Phi) is 8.32. The molecule has 1 saturated carbocycles. The molecule has 2 nitrogen and oxygen atoms in total. The lowest BCUT2D eigenvalue weighted by Gasteiger charge is -2.19. The van der Waals surface area contributed by atoms with Gasteiger partial charge in [-0.25, -0.2) is 0 Å². The van der Waals surface area contributed by atoms with Gasteiger partial charge >= 0.3 is 0 Å². The number of carbonyl (C=O) groups is 1. The van der Waals surface area contributed by atoms with Gasteiger partial charge in [0, 0.05) is 20.0 Å². The maximum Gasteiger partial charge on any atom is 0.132 e. The van der Waals surface area contributed by atoms with E-state index in [9.17, 15) is 4.79 Å². The van der Waals surface area contributed by atoms with Crippen molar-refractivity contribution >= 4 is 5.78 Å². The Bertz CT molecular complexity index is 221. The summed E-state index contributed by atoms with van der Waals surface area (Å²) in [6.07, 6.45) is 13.2. The molecule has 1 fully saturated rings. The Morgan fingerprint density at radius 3 is 2.78 bits per heavy atom. The topological polar surface area (TPSA) is 26.3 Å². The lowest BCUT2D eigenvalue weighted by Crippen LogP contribution is -2.11. The number of rotatable bonds is 7. The van der Waals surface area contributed by atoms with Crippen LogP contribution in [0.15, 0.2) is 0 Å². The molecule has 0 aromatic carbocycles. The van der Waals surface area contributed by atoms with Gasteiger partial charge in [-0.05, 0) is 31.6 Å². The Morgan fingerprint density at radius 1 is 1.22 bits per heavy atom. The van der Waals surface area contributed by atoms with Crippen LogP contribution in [-0.4, -0.2) is 19.0 Å². The highest BCUT2D eigenvalue weighted by Gasteiger charge is 2.15. The van der Waals surface area contributed by atoms with Gasteiger partial charge in [-0.15, -0.1) is 0 Å². The summed E-state index contributed by atoms with van der Waals surface area (Å²) in [7, 11) is 1.81. The number of ether oxygens (including phenoxy) is 1. The summed E-state index contributed by atoms with van der Waals surface area (Å²) < 4.78 is 5.40. The van der Waals surface area contributed by atoms with E-state index in [0.717, 1.165) is 38.0 Å². The summed E-state index contributed by atoms with van der Waals surface area (Å²) in [4.78, 5) is 11.5. The van der Waals surface area contributed by atoms with Crippen molar-refractivity contribution in [2.45, 2.75) is 83.7 Å². The summed E-state index contributed by atoms with van der Waals surface area (Å²) in [5.74, 6) is 1.29. The van der Waals surface area contributed by atoms with Crippen LogP contribution in [0.1, 0.15) is 77.6 Å². The Balaban J connectivity index is 2.11. The molecule has 0 aromatic rings. The highest BCUT2D eigenvalue weighted by atomic mass is 16.5. The molecule has 1 rings (SSSR count). The quantitative estimate of drug-likeness (QED) is 0.625. The van der Waals surface area contributed by atoms with Crippen molar-refractivity contribution in [2.24, 2.45) is 5.92 Å². The van der Waals surface area contributed by atoms with Crippen LogP contribution in [0, 0.1) is 5.92 Å². The highest BCUT2D eigenvalue weighted by molar-refractivity contribution is 5.78. The van der Waals surface area contributed by atoms with Crippen LogP contribution >= 0.6 is 0 Å². The van der Waals surface area contributed by atoms with E-state index < -0.39 is 0 Å². The average molecular weight is 254 g/mol. The van der Waals surface area contributed by atoms with E-state index in [1.807, 2.05) is 7.11 Å². The van der Waals surface area contributed by atoms with Crippen LogP contribution in [0.2, 0.25) is 0 Å². The molecule has 1 aliphatic carbocycles. The van der Waals surface area contributed by atoms with Crippen LogP contribution in [0.5, 0.6) is 0 Å². The van der Waals surface area contributed by atoms with Crippen LogP contribution in [0.4, 0.5) is 0 Å². The zero-order valence-corrected chi connectivity index (χ0v) is 12.2. The molecule has 2 heteroatoms. The Morgan fingerprint density at radius 2 is 2.06 bits per heavy atom. The first kappa shape index (κ1) is 15.7. The van der Waals surface area contributed by atoms with E-state index in [2.05, 4.69) is 6.92 Å². The van der Waals surface area contributed by atoms with Crippen molar-refractivity contribution in [3.05, 3.63) is 0 Å². The fourth-order valence-corrected chi connectivity index (χ4v) is 2.97. The van der Waals surface area contributed by atoms with Crippen LogP contribution < -0.4 is 0 Å². The molecular weight excluding hydrogens is 224 g/mol. The van der Waals surface area contributed by atoms with Gasteiger partial charge in [0.05, 0.1) is 6.10 Å². The summed E-state index contributed by atoms with van der Waals surface area (Å²) >= 11 is 0. The number of carbonyl (C=O) groups excluding carboxylic acids is 1. The second-order valence-electron chi connectivity index (χ2n) is 5.74. The molecule has 0 amide bonds. The fourth-order valence-electron chi connectivity index (χ4n) is 2.97. The maximum atomic E-state index is 11.5. The minimum atomic E-state index is 0.448. The van der Waals surface area contributed by atoms with E-state index in [-0.39, 0.29) is 0 Å². The number of Topliss-reactive ketones (excluding diaryl/α,β-unsaturated/α-hetero) is 1. The lowest BCUT2D eigenvalue weighted by molar-refractivity contribution is -0.119. The minimum absolute atomic E-state index is 0.448. The lowest BCUT2D eigenvalue weighted by atomic mass is 9.87. The monoisotopic (exact) mass is 254 g/mol. The second kappa shape index (κ2) is 9.55. The normalized spacial score (nSPS) is 23.4. The van der Waals surface area contributed by atoms with Crippen LogP contribution in [0.3, 0.4) is 0 Å². The van der Waals surface area contributed by atoms with Crippen LogP contribution in [-0.2, 0) is 9.53 Å². The molecule has 0 heterocycles. The number of hydrogen-bond acceptors (Lipinski definition) is 2. The van der Waals surface area contributed by atoms with Crippen LogP contribution in [0.25, 0.3) is 0 Å². The molecule has 0 aliphatic heterocycles. The first-order valence-corrected chi connectivity index (χ1v) is 7.80. The standard InChI is InChI=1S/C16H30O2/c1-3-16(18-2)11-7-5-9-14-8-4-6-10-15(17)13-12-14/h14,16H,3-13H2,1-2H3. The van der Waals surface area contributed by atoms with E-state index in [1.54, 1.807) is 0 Å². The first-order valence-electron chi connectivity index (χ1n) is 7.80. The van der Waals surface area contributed by atoms with Crippen molar-refractivity contribution in [3.63, 3.8) is 0 Å². The molecule has 2 unspecified atom stereocenters. The molecule has 1 aliphatic rings.